The molecule has 4 N–H and O–H groups in total. The van der Waals surface area contributed by atoms with Gasteiger partial charge in [0.15, 0.2) is 5.69 Å². The van der Waals surface area contributed by atoms with E-state index in [1.807, 2.05) is 0 Å². The van der Waals surface area contributed by atoms with Gasteiger partial charge in [-0.25, -0.2) is 4.98 Å². The number of aryl methyl sites for hydroxylation is 1. The molecular weight excluding hydrogens is 230 g/mol. The van der Waals surface area contributed by atoms with E-state index in [0.29, 0.717) is 11.4 Å². The number of carbonyl (C=O) groups excluding carboxylic acids is 1. The Bertz CT molecular complexity index is 597. The first-order valence-electron chi connectivity index (χ1n) is 5.39. The van der Waals surface area contributed by atoms with Gasteiger partial charge >= 0.3 is 0 Å². The molecule has 0 bridgehead atoms. The zero-order valence-electron chi connectivity index (χ0n) is 9.84. The van der Waals surface area contributed by atoms with Crippen LogP contribution in [-0.2, 0) is 0 Å². The number of amides is 1. The van der Waals surface area contributed by atoms with Crippen LogP contribution >= 0.6 is 0 Å². The van der Waals surface area contributed by atoms with Gasteiger partial charge in [0.25, 0.3) is 5.91 Å². The topological polar surface area (TPSA) is 88.2 Å². The number of anilines is 2. The van der Waals surface area contributed by atoms with E-state index in [1.165, 1.54) is 12.3 Å². The molecule has 2 aromatic rings. The summed E-state index contributed by atoms with van der Waals surface area (Å²) in [7, 11) is 0. The fraction of sp³-hybridized carbons (Fsp3) is 0.0769. The van der Waals surface area contributed by atoms with Gasteiger partial charge in [-0.1, -0.05) is 0 Å². The first-order valence-corrected chi connectivity index (χ1v) is 5.39. The van der Waals surface area contributed by atoms with E-state index in [2.05, 4.69) is 10.3 Å². The number of nitrogens with zero attached hydrogens (tertiary/aromatic N) is 1. The number of pyridine rings is 1. The summed E-state index contributed by atoms with van der Waals surface area (Å²) in [6.07, 6.45) is 1.51. The highest BCUT2D eigenvalue weighted by Crippen LogP contribution is 2.21. The summed E-state index contributed by atoms with van der Waals surface area (Å²) in [6, 6.07) is 7.98. The number of nitrogens with two attached hydrogens (primary N) is 1. The molecule has 5 heteroatoms. The molecule has 0 aliphatic rings. The van der Waals surface area contributed by atoms with Gasteiger partial charge < -0.3 is 16.2 Å². The highest BCUT2D eigenvalue weighted by Gasteiger charge is 2.12. The van der Waals surface area contributed by atoms with Crippen molar-refractivity contribution >= 4 is 17.3 Å². The monoisotopic (exact) mass is 243 g/mol. The molecule has 0 aliphatic heterocycles. The average molecular weight is 243 g/mol. The second kappa shape index (κ2) is 4.75. The molecule has 92 valence electrons. The second-order valence-electron chi connectivity index (χ2n) is 3.89. The van der Waals surface area contributed by atoms with Crippen molar-refractivity contribution in [1.82, 2.24) is 4.98 Å². The maximum atomic E-state index is 12.0. The fourth-order valence-electron chi connectivity index (χ4n) is 1.58. The van der Waals surface area contributed by atoms with Crippen LogP contribution in [0.5, 0.6) is 5.75 Å². The Morgan fingerprint density at radius 1 is 1.39 bits per heavy atom. The third-order valence-corrected chi connectivity index (χ3v) is 2.51. The maximum Gasteiger partial charge on any atom is 0.276 e. The quantitative estimate of drug-likeness (QED) is 0.703. The van der Waals surface area contributed by atoms with Gasteiger partial charge in [-0.3, -0.25) is 4.79 Å². The van der Waals surface area contributed by atoms with E-state index in [4.69, 9.17) is 5.73 Å². The van der Waals surface area contributed by atoms with Crippen LogP contribution in [0.2, 0.25) is 0 Å². The summed E-state index contributed by atoms with van der Waals surface area (Å²) in [4.78, 5) is 15.9. The minimum Gasteiger partial charge on any atom is -0.508 e. The van der Waals surface area contributed by atoms with E-state index in [-0.39, 0.29) is 17.4 Å². The van der Waals surface area contributed by atoms with Gasteiger partial charge in [-0.2, -0.15) is 0 Å². The summed E-state index contributed by atoms with van der Waals surface area (Å²) in [6.45, 7) is 1.79. The fourth-order valence-corrected chi connectivity index (χ4v) is 1.58. The largest absolute Gasteiger partial charge is 0.508 e. The van der Waals surface area contributed by atoms with Gasteiger partial charge in [0.05, 0.1) is 5.69 Å². The summed E-state index contributed by atoms with van der Waals surface area (Å²) >= 11 is 0. The molecule has 5 nitrogen and oxygen atoms in total. The predicted octanol–water partition coefficient (Wildman–Crippen LogP) is 1.93. The van der Waals surface area contributed by atoms with Crippen molar-refractivity contribution in [3.63, 3.8) is 0 Å². The van der Waals surface area contributed by atoms with Crippen molar-refractivity contribution in [3.8, 4) is 5.75 Å². The van der Waals surface area contributed by atoms with E-state index in [9.17, 15) is 9.90 Å². The Morgan fingerprint density at radius 2 is 2.17 bits per heavy atom. The molecular formula is C13H13N3O2. The number of rotatable bonds is 2. The van der Waals surface area contributed by atoms with Crippen molar-refractivity contribution in [2.24, 2.45) is 0 Å². The molecule has 0 saturated carbocycles. The number of hydrogen-bond acceptors (Lipinski definition) is 4. The highest BCUT2D eigenvalue weighted by atomic mass is 16.3. The Hall–Kier alpha value is -2.56. The smallest absolute Gasteiger partial charge is 0.276 e. The Kier molecular flexibility index (Phi) is 3.14. The van der Waals surface area contributed by atoms with Crippen LogP contribution in [0, 0.1) is 6.92 Å². The van der Waals surface area contributed by atoms with Crippen molar-refractivity contribution in [1.29, 1.82) is 0 Å². The molecule has 1 heterocycles. The maximum absolute atomic E-state index is 12.0. The molecule has 0 atom stereocenters. The van der Waals surface area contributed by atoms with E-state index < -0.39 is 0 Å². The number of aromatic nitrogens is 1. The van der Waals surface area contributed by atoms with Crippen molar-refractivity contribution < 1.29 is 9.90 Å². The Balaban J connectivity index is 2.24. The molecule has 0 fully saturated rings. The first kappa shape index (κ1) is 11.9. The van der Waals surface area contributed by atoms with Gasteiger partial charge in [-0.05, 0) is 42.8 Å². The standard InChI is InChI=1S/C13H13N3O2/c1-8-7-9(17)4-5-11(8)16-13(18)12-10(14)3-2-6-15-12/h2-7,17H,14H2,1H3,(H,16,18). The molecule has 0 spiro atoms. The van der Waals surface area contributed by atoms with Crippen LogP contribution in [0.4, 0.5) is 11.4 Å². The molecule has 18 heavy (non-hydrogen) atoms. The molecule has 0 aliphatic carbocycles. The Morgan fingerprint density at radius 3 is 2.83 bits per heavy atom. The normalized spacial score (nSPS) is 10.1. The lowest BCUT2D eigenvalue weighted by atomic mass is 10.2. The number of nitrogens with one attached hydrogen (secondary N) is 1. The van der Waals surface area contributed by atoms with Crippen LogP contribution in [0.3, 0.4) is 0 Å². The van der Waals surface area contributed by atoms with E-state index in [1.54, 1.807) is 31.2 Å². The average Bonchev–Trinajstić information content (AvgIpc) is 2.33. The van der Waals surface area contributed by atoms with Gasteiger partial charge in [-0.15, -0.1) is 0 Å². The van der Waals surface area contributed by atoms with Crippen molar-refractivity contribution in [2.75, 3.05) is 11.1 Å². The van der Waals surface area contributed by atoms with Crippen LogP contribution in [-0.4, -0.2) is 16.0 Å². The van der Waals surface area contributed by atoms with Crippen LogP contribution in [0.15, 0.2) is 36.5 Å². The van der Waals surface area contributed by atoms with Gasteiger partial charge in [0.1, 0.15) is 5.75 Å². The second-order valence-corrected chi connectivity index (χ2v) is 3.89. The summed E-state index contributed by atoms with van der Waals surface area (Å²) in [5, 5.41) is 12.0. The number of benzene rings is 1. The number of nitrogen functional groups attached to an aromatic ring is 1. The predicted molar refractivity (Wildman–Crippen MR) is 69.4 cm³/mol. The van der Waals surface area contributed by atoms with Gasteiger partial charge in [0.2, 0.25) is 0 Å². The third kappa shape index (κ3) is 2.40. The lowest BCUT2D eigenvalue weighted by Gasteiger charge is -2.09. The van der Waals surface area contributed by atoms with E-state index >= 15 is 0 Å². The lowest BCUT2D eigenvalue weighted by molar-refractivity contribution is 0.102. The van der Waals surface area contributed by atoms with E-state index in [0.717, 1.165) is 5.56 Å². The van der Waals surface area contributed by atoms with Crippen molar-refractivity contribution in [2.45, 2.75) is 6.92 Å². The number of hydrogen-bond donors (Lipinski definition) is 3. The van der Waals surface area contributed by atoms with Gasteiger partial charge in [0, 0.05) is 11.9 Å². The first-order chi connectivity index (χ1) is 8.58. The minimum atomic E-state index is -0.373. The Labute approximate surface area is 104 Å². The molecule has 2 rings (SSSR count). The van der Waals surface area contributed by atoms with Crippen LogP contribution in [0.1, 0.15) is 16.1 Å². The molecule has 0 saturated heterocycles. The van der Waals surface area contributed by atoms with Crippen LogP contribution < -0.4 is 11.1 Å². The zero-order valence-corrected chi connectivity index (χ0v) is 9.84. The highest BCUT2D eigenvalue weighted by molar-refractivity contribution is 6.06. The van der Waals surface area contributed by atoms with Crippen LogP contribution in [0.25, 0.3) is 0 Å². The molecule has 1 amide bonds. The molecule has 0 radical (unpaired) electrons. The third-order valence-electron chi connectivity index (χ3n) is 2.51. The molecule has 1 aromatic heterocycles. The number of phenols is 1. The number of phenolic OH excluding ortho intramolecular Hbond substituents is 1. The lowest BCUT2D eigenvalue weighted by Crippen LogP contribution is -2.16. The number of carbonyl (C=O) groups is 1. The molecule has 1 aromatic carbocycles. The summed E-state index contributed by atoms with van der Waals surface area (Å²) in [5.41, 5.74) is 7.56. The summed E-state index contributed by atoms with van der Waals surface area (Å²) in [5.74, 6) is -0.218. The molecule has 0 unspecified atom stereocenters. The SMILES string of the molecule is Cc1cc(O)ccc1NC(=O)c1ncccc1N. The number of aromatic hydroxyl groups is 1. The minimum absolute atomic E-state index is 0.155. The summed E-state index contributed by atoms with van der Waals surface area (Å²) < 4.78 is 0. The van der Waals surface area contributed by atoms with Crippen molar-refractivity contribution in [3.05, 3.63) is 47.8 Å². The zero-order chi connectivity index (χ0) is 13.1.